The fourth-order valence-corrected chi connectivity index (χ4v) is 2.56. The first kappa shape index (κ1) is 9.49. The van der Waals surface area contributed by atoms with Crippen LogP contribution in [0.4, 0.5) is 0 Å². The van der Waals surface area contributed by atoms with E-state index in [1.807, 2.05) is 0 Å². The Bertz CT molecular complexity index is 269. The minimum atomic E-state index is -0.150. The average molecular weight is 196 g/mol. The lowest BCUT2D eigenvalue weighted by molar-refractivity contribution is -0.172. The predicted molar refractivity (Wildman–Crippen MR) is 51.1 cm³/mol. The van der Waals surface area contributed by atoms with Gasteiger partial charge in [0.1, 0.15) is 0 Å². The minimum absolute atomic E-state index is 0.0268. The quantitative estimate of drug-likeness (QED) is 0.635. The van der Waals surface area contributed by atoms with Crippen molar-refractivity contribution in [1.82, 2.24) is 10.4 Å². The summed E-state index contributed by atoms with van der Waals surface area (Å²) in [6.07, 6.45) is 6.29. The fourth-order valence-electron chi connectivity index (χ4n) is 2.56. The van der Waals surface area contributed by atoms with E-state index in [9.17, 15) is 9.59 Å². The largest absolute Gasteiger partial charge is 0.274 e. The number of rotatable bonds is 1. The van der Waals surface area contributed by atoms with Crippen molar-refractivity contribution in [1.29, 1.82) is 0 Å². The zero-order valence-electron chi connectivity index (χ0n) is 8.51. The van der Waals surface area contributed by atoms with Crippen LogP contribution < -0.4 is 5.43 Å². The lowest BCUT2D eigenvalue weighted by atomic mass is 9.73. The van der Waals surface area contributed by atoms with Crippen molar-refractivity contribution in [2.45, 2.75) is 51.0 Å². The van der Waals surface area contributed by atoms with Gasteiger partial charge in [0.25, 0.3) is 0 Å². The zero-order valence-corrected chi connectivity index (χ0v) is 8.51. The van der Waals surface area contributed by atoms with Crippen LogP contribution in [0.2, 0.25) is 0 Å². The van der Waals surface area contributed by atoms with E-state index < -0.39 is 0 Å². The summed E-state index contributed by atoms with van der Waals surface area (Å²) in [5.74, 6) is -0.0925. The molecule has 1 heterocycles. The summed E-state index contributed by atoms with van der Waals surface area (Å²) in [7, 11) is 0. The number of β-lactam (4-membered cyclic amide) rings is 1. The van der Waals surface area contributed by atoms with Gasteiger partial charge in [-0.15, -0.1) is 0 Å². The molecule has 1 spiro atoms. The first-order chi connectivity index (χ1) is 6.64. The number of nitrogens with one attached hydrogen (secondary N) is 1. The zero-order chi connectivity index (χ0) is 10.2. The molecule has 0 radical (unpaired) electrons. The summed E-state index contributed by atoms with van der Waals surface area (Å²) in [6.45, 7) is 1.45. The molecule has 4 heteroatoms. The Morgan fingerprint density at radius 3 is 2.50 bits per heavy atom. The Labute approximate surface area is 83.6 Å². The van der Waals surface area contributed by atoms with Gasteiger partial charge in [-0.3, -0.25) is 15.0 Å². The van der Waals surface area contributed by atoms with Gasteiger partial charge in [0.2, 0.25) is 11.8 Å². The van der Waals surface area contributed by atoms with E-state index in [4.69, 9.17) is 0 Å². The molecule has 1 saturated heterocycles. The van der Waals surface area contributed by atoms with Crippen molar-refractivity contribution < 1.29 is 9.59 Å². The van der Waals surface area contributed by atoms with Gasteiger partial charge in [-0.25, -0.2) is 5.01 Å². The van der Waals surface area contributed by atoms with E-state index in [-0.39, 0.29) is 17.4 Å². The molecule has 0 aromatic rings. The molecule has 78 valence electrons. The second-order valence-electron chi connectivity index (χ2n) is 4.36. The molecule has 0 atom stereocenters. The molecule has 1 saturated carbocycles. The average Bonchev–Trinajstić information content (AvgIpc) is 2.16. The summed E-state index contributed by atoms with van der Waals surface area (Å²) < 4.78 is 0. The molecule has 4 nitrogen and oxygen atoms in total. The highest BCUT2D eigenvalue weighted by atomic mass is 16.2. The first-order valence-electron chi connectivity index (χ1n) is 5.24. The topological polar surface area (TPSA) is 49.4 Å². The Balaban J connectivity index is 2.05. The maximum absolute atomic E-state index is 11.4. The Morgan fingerprint density at radius 2 is 2.00 bits per heavy atom. The van der Waals surface area contributed by atoms with Gasteiger partial charge in [0.15, 0.2) is 0 Å². The highest BCUT2D eigenvalue weighted by Crippen LogP contribution is 2.42. The Morgan fingerprint density at radius 1 is 1.36 bits per heavy atom. The molecular formula is C10H16N2O2. The van der Waals surface area contributed by atoms with Crippen molar-refractivity contribution in [3.63, 3.8) is 0 Å². The number of amides is 2. The van der Waals surface area contributed by atoms with Gasteiger partial charge in [-0.05, 0) is 12.8 Å². The summed E-state index contributed by atoms with van der Waals surface area (Å²) in [5, 5.41) is 1.56. The highest BCUT2D eigenvalue weighted by Gasteiger charge is 2.51. The molecule has 1 aliphatic heterocycles. The van der Waals surface area contributed by atoms with E-state index in [0.717, 1.165) is 12.8 Å². The van der Waals surface area contributed by atoms with Crippen molar-refractivity contribution in [2.24, 2.45) is 0 Å². The molecule has 14 heavy (non-hydrogen) atoms. The van der Waals surface area contributed by atoms with Crippen LogP contribution in [0.25, 0.3) is 0 Å². The maximum atomic E-state index is 11.4. The van der Waals surface area contributed by atoms with Gasteiger partial charge in [-0.2, -0.15) is 0 Å². The monoisotopic (exact) mass is 196 g/mol. The standard InChI is InChI=1S/C10H16N2O2/c1-8(13)11-12-9(14)7-10(12)5-3-2-4-6-10/h2-7H2,1H3,(H,11,13). The maximum Gasteiger partial charge on any atom is 0.243 e. The van der Waals surface area contributed by atoms with E-state index in [1.165, 1.54) is 26.2 Å². The molecule has 2 amide bonds. The molecule has 2 fully saturated rings. The van der Waals surface area contributed by atoms with Crippen molar-refractivity contribution in [3.05, 3.63) is 0 Å². The SMILES string of the molecule is CC(=O)NN1C(=O)CC12CCCCC2. The summed E-state index contributed by atoms with van der Waals surface area (Å²) in [5.41, 5.74) is 2.61. The van der Waals surface area contributed by atoms with Crippen LogP contribution in [0.1, 0.15) is 45.4 Å². The number of hydrogen-bond acceptors (Lipinski definition) is 2. The van der Waals surface area contributed by atoms with Gasteiger partial charge >= 0.3 is 0 Å². The fraction of sp³-hybridized carbons (Fsp3) is 0.800. The van der Waals surface area contributed by atoms with E-state index in [2.05, 4.69) is 5.43 Å². The number of carbonyl (C=O) groups excluding carboxylic acids is 2. The van der Waals surface area contributed by atoms with Crippen LogP contribution >= 0.6 is 0 Å². The second kappa shape index (κ2) is 3.26. The van der Waals surface area contributed by atoms with E-state index in [1.54, 1.807) is 5.01 Å². The molecule has 2 aliphatic rings. The third-order valence-corrected chi connectivity index (χ3v) is 3.26. The van der Waals surface area contributed by atoms with Crippen LogP contribution in [0.5, 0.6) is 0 Å². The smallest absolute Gasteiger partial charge is 0.243 e. The summed E-state index contributed by atoms with van der Waals surface area (Å²) in [6, 6.07) is 0. The van der Waals surface area contributed by atoms with Crippen LogP contribution in [-0.2, 0) is 9.59 Å². The molecule has 0 aromatic carbocycles. The Kier molecular flexibility index (Phi) is 2.21. The van der Waals surface area contributed by atoms with Gasteiger partial charge in [0, 0.05) is 6.92 Å². The predicted octanol–water partition coefficient (Wildman–Crippen LogP) is 0.973. The van der Waals surface area contributed by atoms with Crippen molar-refractivity contribution >= 4 is 11.8 Å². The third kappa shape index (κ3) is 1.38. The molecule has 2 rings (SSSR count). The van der Waals surface area contributed by atoms with E-state index >= 15 is 0 Å². The van der Waals surface area contributed by atoms with Gasteiger partial charge < -0.3 is 0 Å². The van der Waals surface area contributed by atoms with Crippen LogP contribution in [-0.4, -0.2) is 22.4 Å². The number of carbonyl (C=O) groups is 2. The van der Waals surface area contributed by atoms with Gasteiger partial charge in [-0.1, -0.05) is 19.3 Å². The van der Waals surface area contributed by atoms with Crippen molar-refractivity contribution in [3.8, 4) is 0 Å². The molecule has 0 unspecified atom stereocenters. The normalized spacial score (nSPS) is 24.6. The number of nitrogens with zero attached hydrogens (tertiary/aromatic N) is 1. The summed E-state index contributed by atoms with van der Waals surface area (Å²) in [4.78, 5) is 22.3. The first-order valence-corrected chi connectivity index (χ1v) is 5.24. The van der Waals surface area contributed by atoms with Crippen LogP contribution in [0.15, 0.2) is 0 Å². The Hall–Kier alpha value is -1.06. The van der Waals surface area contributed by atoms with Crippen LogP contribution in [0, 0.1) is 0 Å². The lowest BCUT2D eigenvalue weighted by Gasteiger charge is -2.53. The van der Waals surface area contributed by atoms with E-state index in [0.29, 0.717) is 6.42 Å². The lowest BCUT2D eigenvalue weighted by Crippen LogP contribution is -2.69. The second-order valence-corrected chi connectivity index (χ2v) is 4.36. The van der Waals surface area contributed by atoms with Crippen LogP contribution in [0.3, 0.4) is 0 Å². The summed E-state index contributed by atoms with van der Waals surface area (Å²) >= 11 is 0. The minimum Gasteiger partial charge on any atom is -0.274 e. The molecular weight excluding hydrogens is 180 g/mol. The third-order valence-electron chi connectivity index (χ3n) is 3.26. The molecule has 0 aromatic heterocycles. The number of hydrogen-bond donors (Lipinski definition) is 1. The molecule has 1 N–H and O–H groups in total. The van der Waals surface area contributed by atoms with Crippen molar-refractivity contribution in [2.75, 3.05) is 0 Å². The molecule has 0 bridgehead atoms. The van der Waals surface area contributed by atoms with Gasteiger partial charge in [0.05, 0.1) is 12.0 Å². The molecule has 1 aliphatic carbocycles. The highest BCUT2D eigenvalue weighted by molar-refractivity contribution is 5.87. The number of hydrazine groups is 1.